The topological polar surface area (TPSA) is 46.5 Å². The molecule has 0 aliphatic heterocycles. The Bertz CT molecular complexity index is 570. The normalized spacial score (nSPS) is 11.6. The van der Waals surface area contributed by atoms with Gasteiger partial charge in [0.15, 0.2) is 0 Å². The van der Waals surface area contributed by atoms with Crippen molar-refractivity contribution in [3.05, 3.63) is 28.8 Å². The monoisotopic (exact) mass is 376 g/mol. The molecule has 0 aromatic heterocycles. The Balaban J connectivity index is 2.29. The molecule has 3 heteroatoms. The number of hydrogen-bond acceptors (Lipinski definition) is 3. The standard InChI is InChI=1S/C24H40O3/c1-6-7-8-9-10-11-12-13-14-15-16-27-23(26)20-17-19(2)22(25)21(18-20)24(3,4)5/h17-18,25H,6-16H2,1-5H3. The summed E-state index contributed by atoms with van der Waals surface area (Å²) < 4.78 is 5.44. The molecular weight excluding hydrogens is 336 g/mol. The quantitative estimate of drug-likeness (QED) is 0.313. The molecule has 0 amide bonds. The van der Waals surface area contributed by atoms with E-state index in [9.17, 15) is 9.90 Å². The van der Waals surface area contributed by atoms with Crippen molar-refractivity contribution in [1.82, 2.24) is 0 Å². The molecule has 0 aliphatic rings. The summed E-state index contributed by atoms with van der Waals surface area (Å²) >= 11 is 0. The maximum absolute atomic E-state index is 12.3. The van der Waals surface area contributed by atoms with Crippen molar-refractivity contribution in [3.8, 4) is 5.75 Å². The van der Waals surface area contributed by atoms with Crippen LogP contribution in [0.2, 0.25) is 0 Å². The predicted molar refractivity (Wildman–Crippen MR) is 114 cm³/mol. The highest BCUT2D eigenvalue weighted by Crippen LogP contribution is 2.34. The highest BCUT2D eigenvalue weighted by atomic mass is 16.5. The van der Waals surface area contributed by atoms with Gasteiger partial charge in [-0.3, -0.25) is 0 Å². The first-order chi connectivity index (χ1) is 12.8. The molecule has 0 heterocycles. The Hall–Kier alpha value is -1.51. The third-order valence-corrected chi connectivity index (χ3v) is 5.08. The Morgan fingerprint density at radius 1 is 0.926 bits per heavy atom. The molecule has 3 nitrogen and oxygen atoms in total. The highest BCUT2D eigenvalue weighted by Gasteiger charge is 2.22. The summed E-state index contributed by atoms with van der Waals surface area (Å²) in [5, 5.41) is 10.3. The van der Waals surface area contributed by atoms with Gasteiger partial charge in [0.05, 0.1) is 12.2 Å². The van der Waals surface area contributed by atoms with Gasteiger partial charge in [-0.25, -0.2) is 4.79 Å². The number of carbonyl (C=O) groups excluding carboxylic acids is 1. The largest absolute Gasteiger partial charge is 0.507 e. The van der Waals surface area contributed by atoms with Crippen LogP contribution in [0.1, 0.15) is 113 Å². The number of hydrogen-bond donors (Lipinski definition) is 1. The average molecular weight is 377 g/mol. The number of unbranched alkanes of at least 4 members (excludes halogenated alkanes) is 9. The van der Waals surface area contributed by atoms with Gasteiger partial charge in [0, 0.05) is 5.56 Å². The van der Waals surface area contributed by atoms with Gasteiger partial charge < -0.3 is 9.84 Å². The van der Waals surface area contributed by atoms with E-state index in [1.807, 2.05) is 27.7 Å². The van der Waals surface area contributed by atoms with E-state index < -0.39 is 0 Å². The van der Waals surface area contributed by atoms with Crippen molar-refractivity contribution in [2.45, 2.75) is 104 Å². The smallest absolute Gasteiger partial charge is 0.338 e. The molecule has 0 bridgehead atoms. The second kappa shape index (κ2) is 12.0. The van der Waals surface area contributed by atoms with Crippen LogP contribution in [0.15, 0.2) is 12.1 Å². The first-order valence-corrected chi connectivity index (χ1v) is 10.8. The van der Waals surface area contributed by atoms with Crippen molar-refractivity contribution in [1.29, 1.82) is 0 Å². The minimum absolute atomic E-state index is 0.221. The minimum atomic E-state index is -0.292. The molecule has 1 aromatic rings. The van der Waals surface area contributed by atoms with E-state index in [4.69, 9.17) is 4.74 Å². The van der Waals surface area contributed by atoms with E-state index in [1.165, 1.54) is 51.4 Å². The van der Waals surface area contributed by atoms with Gasteiger partial charge in [-0.1, -0.05) is 85.5 Å². The van der Waals surface area contributed by atoms with Crippen molar-refractivity contribution in [2.75, 3.05) is 6.61 Å². The van der Waals surface area contributed by atoms with E-state index in [2.05, 4.69) is 6.92 Å². The Morgan fingerprint density at radius 2 is 1.44 bits per heavy atom. The van der Waals surface area contributed by atoms with Gasteiger partial charge in [-0.05, 0) is 36.5 Å². The summed E-state index contributed by atoms with van der Waals surface area (Å²) in [6.45, 7) is 10.6. The number of aryl methyl sites for hydroxylation is 1. The zero-order valence-electron chi connectivity index (χ0n) is 18.2. The summed E-state index contributed by atoms with van der Waals surface area (Å²) in [5.41, 5.74) is 1.81. The highest BCUT2D eigenvalue weighted by molar-refractivity contribution is 5.90. The van der Waals surface area contributed by atoms with Gasteiger partial charge >= 0.3 is 5.97 Å². The molecule has 1 rings (SSSR count). The van der Waals surface area contributed by atoms with Crippen LogP contribution in [0.25, 0.3) is 0 Å². The van der Waals surface area contributed by atoms with Crippen LogP contribution >= 0.6 is 0 Å². The number of phenols is 1. The number of rotatable bonds is 12. The van der Waals surface area contributed by atoms with Crippen LogP contribution in [0, 0.1) is 6.92 Å². The maximum Gasteiger partial charge on any atom is 0.338 e. The lowest BCUT2D eigenvalue weighted by Gasteiger charge is -2.22. The maximum atomic E-state index is 12.3. The fourth-order valence-corrected chi connectivity index (χ4v) is 3.31. The fourth-order valence-electron chi connectivity index (χ4n) is 3.31. The Morgan fingerprint density at radius 3 is 1.96 bits per heavy atom. The van der Waals surface area contributed by atoms with Gasteiger partial charge in [0.25, 0.3) is 0 Å². The third kappa shape index (κ3) is 8.81. The molecular formula is C24H40O3. The SMILES string of the molecule is CCCCCCCCCCCCOC(=O)c1cc(C)c(O)c(C(C)(C)C)c1. The second-order valence-electron chi connectivity index (χ2n) is 8.76. The van der Waals surface area contributed by atoms with Crippen LogP contribution in [0.3, 0.4) is 0 Å². The lowest BCUT2D eigenvalue weighted by atomic mass is 9.84. The molecule has 0 aliphatic carbocycles. The minimum Gasteiger partial charge on any atom is -0.507 e. The molecule has 154 valence electrons. The molecule has 1 aromatic carbocycles. The van der Waals surface area contributed by atoms with Crippen LogP contribution in [-0.2, 0) is 10.2 Å². The Labute approximate surface area is 166 Å². The van der Waals surface area contributed by atoms with E-state index in [0.717, 1.165) is 18.4 Å². The molecule has 27 heavy (non-hydrogen) atoms. The van der Waals surface area contributed by atoms with Crippen LogP contribution in [0.4, 0.5) is 0 Å². The molecule has 0 saturated heterocycles. The first-order valence-electron chi connectivity index (χ1n) is 10.8. The number of benzene rings is 1. The summed E-state index contributed by atoms with van der Waals surface area (Å²) in [5.74, 6) is -0.0201. The van der Waals surface area contributed by atoms with Crippen LogP contribution in [0.5, 0.6) is 5.75 Å². The van der Waals surface area contributed by atoms with Gasteiger partial charge in [-0.2, -0.15) is 0 Å². The third-order valence-electron chi connectivity index (χ3n) is 5.08. The van der Waals surface area contributed by atoms with Crippen molar-refractivity contribution in [3.63, 3.8) is 0 Å². The van der Waals surface area contributed by atoms with Crippen molar-refractivity contribution >= 4 is 5.97 Å². The molecule has 0 radical (unpaired) electrons. The molecule has 0 atom stereocenters. The number of esters is 1. The van der Waals surface area contributed by atoms with Crippen LogP contribution < -0.4 is 0 Å². The Kier molecular flexibility index (Phi) is 10.5. The van der Waals surface area contributed by atoms with E-state index in [0.29, 0.717) is 17.7 Å². The fraction of sp³-hybridized carbons (Fsp3) is 0.708. The molecule has 0 spiro atoms. The first kappa shape index (κ1) is 23.5. The zero-order valence-corrected chi connectivity index (χ0v) is 18.2. The molecule has 0 saturated carbocycles. The summed E-state index contributed by atoms with van der Waals surface area (Å²) in [6, 6.07) is 3.48. The summed E-state index contributed by atoms with van der Waals surface area (Å²) in [6.07, 6.45) is 12.6. The predicted octanol–water partition coefficient (Wildman–Crippen LogP) is 7.08. The average Bonchev–Trinajstić information content (AvgIpc) is 2.60. The van der Waals surface area contributed by atoms with Crippen molar-refractivity contribution in [2.24, 2.45) is 0 Å². The van der Waals surface area contributed by atoms with Gasteiger partial charge in [0.2, 0.25) is 0 Å². The molecule has 1 N–H and O–H groups in total. The van der Waals surface area contributed by atoms with E-state index in [1.54, 1.807) is 12.1 Å². The summed E-state index contributed by atoms with van der Waals surface area (Å²) in [4.78, 5) is 12.3. The second-order valence-corrected chi connectivity index (χ2v) is 8.76. The number of phenolic OH excluding ortho intramolecular Hbond substituents is 1. The van der Waals surface area contributed by atoms with Crippen LogP contribution in [-0.4, -0.2) is 17.7 Å². The lowest BCUT2D eigenvalue weighted by Crippen LogP contribution is -2.14. The number of ether oxygens (including phenoxy) is 1. The van der Waals surface area contributed by atoms with E-state index >= 15 is 0 Å². The summed E-state index contributed by atoms with van der Waals surface area (Å²) in [7, 11) is 0. The lowest BCUT2D eigenvalue weighted by molar-refractivity contribution is 0.0497. The van der Waals surface area contributed by atoms with Crippen molar-refractivity contribution < 1.29 is 14.6 Å². The van der Waals surface area contributed by atoms with Gasteiger partial charge in [0.1, 0.15) is 5.75 Å². The molecule has 0 unspecified atom stereocenters. The number of aromatic hydroxyl groups is 1. The molecule has 0 fully saturated rings. The zero-order chi connectivity index (χ0) is 20.3. The van der Waals surface area contributed by atoms with E-state index in [-0.39, 0.29) is 17.1 Å². The van der Waals surface area contributed by atoms with Gasteiger partial charge in [-0.15, -0.1) is 0 Å². The number of carbonyl (C=O) groups is 1.